The number of hydrogen-bond donors (Lipinski definition) is 2. The summed E-state index contributed by atoms with van der Waals surface area (Å²) in [5.74, 6) is -0.247. The molecule has 3 aromatic rings. The lowest BCUT2D eigenvalue weighted by Crippen LogP contribution is -2.15. The molecule has 0 aliphatic carbocycles. The lowest BCUT2D eigenvalue weighted by atomic mass is 9.84. The minimum atomic E-state index is -0.371. The highest BCUT2D eigenvalue weighted by molar-refractivity contribution is 5.74. The second kappa shape index (κ2) is 10.2. The molecule has 1 heterocycles. The van der Waals surface area contributed by atoms with Gasteiger partial charge in [0.1, 0.15) is 29.1 Å². The van der Waals surface area contributed by atoms with E-state index >= 15 is 0 Å². The van der Waals surface area contributed by atoms with Crippen molar-refractivity contribution in [3.63, 3.8) is 0 Å². The second-order valence-corrected chi connectivity index (χ2v) is 7.68. The van der Waals surface area contributed by atoms with Crippen LogP contribution in [-0.2, 0) is 21.4 Å². The van der Waals surface area contributed by atoms with Gasteiger partial charge >= 0.3 is 5.97 Å². The Kier molecular flexibility index (Phi) is 8.54. The molecular weight excluding hydrogens is 382 g/mol. The number of aryl methyl sites for hydroxylation is 1. The molecule has 30 heavy (non-hydrogen) atoms. The normalized spacial score (nSPS) is 10.9. The topological polar surface area (TPSA) is 97.5 Å². The molecule has 0 aliphatic heterocycles. The van der Waals surface area contributed by atoms with Gasteiger partial charge in [0, 0.05) is 12.0 Å². The van der Waals surface area contributed by atoms with E-state index in [1.807, 2.05) is 51.1 Å². The Balaban J connectivity index is 0.00000225. The van der Waals surface area contributed by atoms with Crippen LogP contribution in [0.2, 0.25) is 0 Å². The van der Waals surface area contributed by atoms with E-state index in [-0.39, 0.29) is 51.6 Å². The summed E-state index contributed by atoms with van der Waals surface area (Å²) in [5, 5.41) is 28.6. The van der Waals surface area contributed by atoms with Crippen molar-refractivity contribution in [1.82, 2.24) is 15.0 Å². The Morgan fingerprint density at radius 3 is 2.23 bits per heavy atom. The molecular formula is C23H33N3O4. The van der Waals surface area contributed by atoms with Gasteiger partial charge in [0.15, 0.2) is 0 Å². The fourth-order valence-corrected chi connectivity index (χ4v) is 2.99. The van der Waals surface area contributed by atoms with Crippen LogP contribution in [0.1, 0.15) is 53.2 Å². The average molecular weight is 416 g/mol. The number of rotatable bonds is 6. The van der Waals surface area contributed by atoms with Crippen LogP contribution in [0.3, 0.4) is 0 Å². The van der Waals surface area contributed by atoms with Gasteiger partial charge in [0.25, 0.3) is 0 Å². The minimum Gasteiger partial charge on any atom is -0.505 e. The standard InChI is InChI=1S/C21H25N3O4.2CH4/c1-21(2,3)15-12-14(8-9-19(26)28-11-10-25)13-18(20(15)27)24-22-16-6-4-5-7-17(16)23-24;;/h4-7,12-13,25,27H,8-11H2,1-3H3;2*1H4. The van der Waals surface area contributed by atoms with E-state index in [9.17, 15) is 9.90 Å². The fraction of sp³-hybridized carbons (Fsp3) is 0.435. The number of ether oxygens (including phenoxy) is 1. The van der Waals surface area contributed by atoms with Crippen molar-refractivity contribution in [2.75, 3.05) is 13.2 Å². The van der Waals surface area contributed by atoms with Crippen molar-refractivity contribution >= 4 is 17.0 Å². The number of hydrogen-bond acceptors (Lipinski definition) is 6. The van der Waals surface area contributed by atoms with Crippen molar-refractivity contribution < 1.29 is 19.7 Å². The fourth-order valence-electron chi connectivity index (χ4n) is 2.99. The Morgan fingerprint density at radius 2 is 1.70 bits per heavy atom. The predicted molar refractivity (Wildman–Crippen MR) is 119 cm³/mol. The Hall–Kier alpha value is -2.93. The number of esters is 1. The molecule has 0 amide bonds. The summed E-state index contributed by atoms with van der Waals surface area (Å²) >= 11 is 0. The molecule has 1 aromatic heterocycles. The molecule has 164 valence electrons. The van der Waals surface area contributed by atoms with Crippen LogP contribution in [0, 0.1) is 0 Å². The smallest absolute Gasteiger partial charge is 0.306 e. The van der Waals surface area contributed by atoms with E-state index in [0.29, 0.717) is 12.1 Å². The van der Waals surface area contributed by atoms with Gasteiger partial charge in [-0.2, -0.15) is 0 Å². The van der Waals surface area contributed by atoms with Crippen molar-refractivity contribution in [3.05, 3.63) is 47.5 Å². The number of nitrogens with zero attached hydrogens (tertiary/aromatic N) is 3. The number of benzene rings is 2. The van der Waals surface area contributed by atoms with E-state index in [4.69, 9.17) is 9.84 Å². The number of phenols is 1. The number of carbonyl (C=O) groups excluding carboxylic acids is 1. The van der Waals surface area contributed by atoms with Crippen LogP contribution in [0.4, 0.5) is 0 Å². The highest BCUT2D eigenvalue weighted by Crippen LogP contribution is 2.36. The zero-order chi connectivity index (χ0) is 20.3. The third-order valence-corrected chi connectivity index (χ3v) is 4.43. The molecule has 0 atom stereocenters. The monoisotopic (exact) mass is 415 g/mol. The van der Waals surface area contributed by atoms with Gasteiger partial charge < -0.3 is 14.9 Å². The van der Waals surface area contributed by atoms with Crippen molar-refractivity contribution in [2.45, 2.75) is 53.9 Å². The summed E-state index contributed by atoms with van der Waals surface area (Å²) in [4.78, 5) is 13.2. The van der Waals surface area contributed by atoms with Crippen LogP contribution in [-0.4, -0.2) is 44.4 Å². The number of aromatic hydroxyl groups is 1. The molecule has 0 fully saturated rings. The molecule has 3 rings (SSSR count). The summed E-state index contributed by atoms with van der Waals surface area (Å²) in [7, 11) is 0. The molecule has 2 N–H and O–H groups in total. The maximum absolute atomic E-state index is 11.8. The van der Waals surface area contributed by atoms with Crippen LogP contribution < -0.4 is 0 Å². The average Bonchev–Trinajstić information content (AvgIpc) is 3.08. The highest BCUT2D eigenvalue weighted by Gasteiger charge is 2.23. The van der Waals surface area contributed by atoms with Crippen LogP contribution in [0.25, 0.3) is 16.7 Å². The molecule has 0 saturated carbocycles. The van der Waals surface area contributed by atoms with Crippen molar-refractivity contribution in [3.8, 4) is 11.4 Å². The molecule has 2 aromatic carbocycles. The van der Waals surface area contributed by atoms with E-state index in [0.717, 1.165) is 22.2 Å². The van der Waals surface area contributed by atoms with Gasteiger partial charge in [0.05, 0.1) is 6.61 Å². The first-order valence-electron chi connectivity index (χ1n) is 9.25. The van der Waals surface area contributed by atoms with E-state index in [1.54, 1.807) is 6.07 Å². The molecule has 0 bridgehead atoms. The Morgan fingerprint density at radius 1 is 1.10 bits per heavy atom. The lowest BCUT2D eigenvalue weighted by molar-refractivity contribution is -0.144. The number of aliphatic hydroxyl groups excluding tert-OH is 1. The van der Waals surface area contributed by atoms with Gasteiger partial charge in [-0.3, -0.25) is 4.79 Å². The SMILES string of the molecule is C.C.CC(C)(C)c1cc(CCC(=O)OCCO)cc(-n2nc3ccccc3n2)c1O. The molecule has 0 radical (unpaired) electrons. The summed E-state index contributed by atoms with van der Waals surface area (Å²) in [6.07, 6.45) is 0.629. The second-order valence-electron chi connectivity index (χ2n) is 7.68. The molecule has 0 unspecified atom stereocenters. The maximum Gasteiger partial charge on any atom is 0.306 e. The van der Waals surface area contributed by atoms with E-state index in [2.05, 4.69) is 10.2 Å². The summed E-state index contributed by atoms with van der Waals surface area (Å²) in [5.41, 5.74) is 3.26. The predicted octanol–water partition coefficient (Wildman–Crippen LogP) is 4.16. The van der Waals surface area contributed by atoms with Gasteiger partial charge in [-0.15, -0.1) is 15.0 Å². The molecule has 7 heteroatoms. The van der Waals surface area contributed by atoms with Gasteiger partial charge in [-0.1, -0.05) is 53.8 Å². The largest absolute Gasteiger partial charge is 0.505 e. The van der Waals surface area contributed by atoms with Crippen LogP contribution in [0.15, 0.2) is 36.4 Å². The van der Waals surface area contributed by atoms with E-state index in [1.165, 1.54) is 4.80 Å². The molecule has 0 aliphatic rings. The zero-order valence-corrected chi connectivity index (χ0v) is 16.3. The van der Waals surface area contributed by atoms with Gasteiger partial charge in [0.2, 0.25) is 0 Å². The Labute approximate surface area is 178 Å². The number of fused-ring (bicyclic) bond motifs is 1. The third-order valence-electron chi connectivity index (χ3n) is 4.43. The van der Waals surface area contributed by atoms with Crippen molar-refractivity contribution in [2.24, 2.45) is 0 Å². The summed E-state index contributed by atoms with van der Waals surface area (Å²) in [6, 6.07) is 11.2. The minimum absolute atomic E-state index is 0. The number of aromatic nitrogens is 3. The third kappa shape index (κ3) is 5.57. The quantitative estimate of drug-likeness (QED) is 0.587. The van der Waals surface area contributed by atoms with Crippen LogP contribution in [0.5, 0.6) is 5.75 Å². The summed E-state index contributed by atoms with van der Waals surface area (Å²) < 4.78 is 4.92. The van der Waals surface area contributed by atoms with E-state index < -0.39 is 0 Å². The maximum atomic E-state index is 11.8. The number of aliphatic hydroxyl groups is 1. The first-order chi connectivity index (χ1) is 13.3. The molecule has 0 saturated heterocycles. The Bertz CT molecular complexity index is 957. The van der Waals surface area contributed by atoms with Gasteiger partial charge in [-0.05, 0) is 35.6 Å². The number of phenolic OH excluding ortho intramolecular Hbond substituents is 1. The molecule has 0 spiro atoms. The van der Waals surface area contributed by atoms with Crippen LogP contribution >= 0.6 is 0 Å². The van der Waals surface area contributed by atoms with Crippen molar-refractivity contribution in [1.29, 1.82) is 0 Å². The highest BCUT2D eigenvalue weighted by atomic mass is 16.5. The first kappa shape index (κ1) is 25.1. The first-order valence-corrected chi connectivity index (χ1v) is 9.25. The molecule has 7 nitrogen and oxygen atoms in total. The number of carbonyl (C=O) groups is 1. The lowest BCUT2D eigenvalue weighted by Gasteiger charge is -2.23. The van der Waals surface area contributed by atoms with Gasteiger partial charge in [-0.25, -0.2) is 0 Å². The zero-order valence-electron chi connectivity index (χ0n) is 16.3. The summed E-state index contributed by atoms with van der Waals surface area (Å²) in [6.45, 7) is 5.84.